The van der Waals surface area contributed by atoms with Gasteiger partial charge in [-0.1, -0.05) is 28.1 Å². The normalized spacial score (nSPS) is 10.5. The van der Waals surface area contributed by atoms with Crippen LogP contribution in [0.4, 0.5) is 4.39 Å². The van der Waals surface area contributed by atoms with Crippen molar-refractivity contribution in [3.63, 3.8) is 0 Å². The number of hydrogen-bond donors (Lipinski definition) is 0. The number of ketones is 1. The first kappa shape index (κ1) is 14.9. The Morgan fingerprint density at radius 1 is 1.05 bits per heavy atom. The largest absolute Gasteiger partial charge is 0.376 e. The fraction of sp³-hybridized carbons (Fsp3) is 0.188. The molecule has 0 bridgehead atoms. The predicted molar refractivity (Wildman–Crippen MR) is 79.1 cm³/mol. The first-order valence-electron chi connectivity index (χ1n) is 6.26. The molecule has 0 N–H and O–H groups in total. The van der Waals surface area contributed by atoms with Crippen molar-refractivity contribution in [2.24, 2.45) is 0 Å². The maximum Gasteiger partial charge on any atom is 0.165 e. The van der Waals surface area contributed by atoms with Crippen LogP contribution in [0.2, 0.25) is 0 Å². The summed E-state index contributed by atoms with van der Waals surface area (Å²) in [5.41, 5.74) is 1.57. The second kappa shape index (κ2) is 7.31. The molecule has 0 saturated carbocycles. The van der Waals surface area contributed by atoms with Gasteiger partial charge in [-0.3, -0.25) is 4.79 Å². The molecule has 2 aromatic carbocycles. The molecule has 2 rings (SSSR count). The van der Waals surface area contributed by atoms with E-state index in [1.807, 2.05) is 24.3 Å². The van der Waals surface area contributed by atoms with Gasteiger partial charge in [0.1, 0.15) is 5.82 Å². The van der Waals surface area contributed by atoms with Crippen LogP contribution in [0.25, 0.3) is 0 Å². The molecule has 2 aromatic rings. The fourth-order valence-corrected chi connectivity index (χ4v) is 1.98. The minimum Gasteiger partial charge on any atom is -0.376 e. The number of hydrogen-bond acceptors (Lipinski definition) is 2. The summed E-state index contributed by atoms with van der Waals surface area (Å²) >= 11 is 3.37. The van der Waals surface area contributed by atoms with E-state index in [0.29, 0.717) is 25.2 Å². The Morgan fingerprint density at radius 2 is 1.70 bits per heavy atom. The summed E-state index contributed by atoms with van der Waals surface area (Å²) in [6.07, 6.45) is 0.294. The topological polar surface area (TPSA) is 26.3 Å². The third kappa shape index (κ3) is 4.54. The molecule has 0 aliphatic heterocycles. The molecule has 0 aromatic heterocycles. The zero-order valence-corrected chi connectivity index (χ0v) is 12.4. The lowest BCUT2D eigenvalue weighted by atomic mass is 10.1. The summed E-state index contributed by atoms with van der Waals surface area (Å²) in [5.74, 6) is -0.381. The van der Waals surface area contributed by atoms with Crippen LogP contribution in [0.1, 0.15) is 22.3 Å². The van der Waals surface area contributed by atoms with Crippen molar-refractivity contribution in [3.8, 4) is 0 Å². The van der Waals surface area contributed by atoms with Crippen molar-refractivity contribution in [3.05, 3.63) is 69.9 Å². The first-order chi connectivity index (χ1) is 9.65. The first-order valence-corrected chi connectivity index (χ1v) is 7.05. The standard InChI is InChI=1S/C16H14BrFO2/c17-14-5-1-12(2-6-14)11-20-10-9-16(19)13-3-7-15(18)8-4-13/h1-8H,9-11H2. The molecule has 0 atom stereocenters. The SMILES string of the molecule is O=C(CCOCc1ccc(Br)cc1)c1ccc(F)cc1. The average Bonchev–Trinajstić information content (AvgIpc) is 2.46. The molecular weight excluding hydrogens is 323 g/mol. The van der Waals surface area contributed by atoms with Crippen LogP contribution in [0.3, 0.4) is 0 Å². The Morgan fingerprint density at radius 3 is 2.35 bits per heavy atom. The lowest BCUT2D eigenvalue weighted by molar-refractivity contribution is 0.0848. The van der Waals surface area contributed by atoms with Gasteiger partial charge in [0, 0.05) is 16.5 Å². The van der Waals surface area contributed by atoms with E-state index in [0.717, 1.165) is 10.0 Å². The van der Waals surface area contributed by atoms with Crippen LogP contribution in [-0.4, -0.2) is 12.4 Å². The number of carbonyl (C=O) groups is 1. The highest BCUT2D eigenvalue weighted by Gasteiger charge is 2.05. The van der Waals surface area contributed by atoms with Crippen LogP contribution in [-0.2, 0) is 11.3 Å². The zero-order valence-electron chi connectivity index (χ0n) is 10.8. The predicted octanol–water partition coefficient (Wildman–Crippen LogP) is 4.38. The Balaban J connectivity index is 1.74. The molecule has 0 aliphatic carbocycles. The third-order valence-electron chi connectivity index (χ3n) is 2.82. The number of ether oxygens (including phenoxy) is 1. The molecule has 0 heterocycles. The van der Waals surface area contributed by atoms with Crippen LogP contribution < -0.4 is 0 Å². The molecule has 0 aliphatic rings. The Kier molecular flexibility index (Phi) is 5.44. The van der Waals surface area contributed by atoms with Gasteiger partial charge in [0.25, 0.3) is 0 Å². The molecule has 0 fully saturated rings. The van der Waals surface area contributed by atoms with Gasteiger partial charge >= 0.3 is 0 Å². The van der Waals surface area contributed by atoms with Gasteiger partial charge < -0.3 is 4.74 Å². The van der Waals surface area contributed by atoms with E-state index < -0.39 is 0 Å². The van der Waals surface area contributed by atoms with Crippen molar-refractivity contribution in [2.75, 3.05) is 6.61 Å². The Hall–Kier alpha value is -1.52. The van der Waals surface area contributed by atoms with E-state index in [2.05, 4.69) is 15.9 Å². The van der Waals surface area contributed by atoms with E-state index in [4.69, 9.17) is 4.74 Å². The van der Waals surface area contributed by atoms with Gasteiger partial charge in [-0.15, -0.1) is 0 Å². The van der Waals surface area contributed by atoms with Crippen molar-refractivity contribution in [2.45, 2.75) is 13.0 Å². The molecule has 4 heteroatoms. The van der Waals surface area contributed by atoms with Crippen LogP contribution in [0, 0.1) is 5.82 Å². The summed E-state index contributed by atoms with van der Waals surface area (Å²) in [7, 11) is 0. The molecule has 0 unspecified atom stereocenters. The molecule has 0 saturated heterocycles. The highest BCUT2D eigenvalue weighted by Crippen LogP contribution is 2.11. The number of halogens is 2. The van der Waals surface area contributed by atoms with E-state index >= 15 is 0 Å². The second-order valence-electron chi connectivity index (χ2n) is 4.36. The summed E-state index contributed by atoms with van der Waals surface area (Å²) in [6, 6.07) is 13.4. The van der Waals surface area contributed by atoms with Gasteiger partial charge in [-0.2, -0.15) is 0 Å². The highest BCUT2D eigenvalue weighted by molar-refractivity contribution is 9.10. The molecule has 20 heavy (non-hydrogen) atoms. The maximum absolute atomic E-state index is 12.7. The monoisotopic (exact) mass is 336 g/mol. The van der Waals surface area contributed by atoms with Crippen LogP contribution >= 0.6 is 15.9 Å². The number of carbonyl (C=O) groups excluding carboxylic acids is 1. The number of benzene rings is 2. The molecule has 0 radical (unpaired) electrons. The third-order valence-corrected chi connectivity index (χ3v) is 3.35. The molecular formula is C16H14BrFO2. The smallest absolute Gasteiger partial charge is 0.165 e. The Labute approximate surface area is 125 Å². The lowest BCUT2D eigenvalue weighted by Crippen LogP contribution is -2.05. The molecule has 2 nitrogen and oxygen atoms in total. The Bertz CT molecular complexity index is 564. The van der Waals surface area contributed by atoms with E-state index in [1.54, 1.807) is 0 Å². The summed E-state index contributed by atoms with van der Waals surface area (Å²) in [6.45, 7) is 0.830. The van der Waals surface area contributed by atoms with Crippen molar-refractivity contribution in [1.82, 2.24) is 0 Å². The van der Waals surface area contributed by atoms with Gasteiger partial charge in [-0.05, 0) is 42.0 Å². The summed E-state index contributed by atoms with van der Waals surface area (Å²) in [4.78, 5) is 11.8. The van der Waals surface area contributed by atoms with Crippen LogP contribution in [0.15, 0.2) is 53.0 Å². The van der Waals surface area contributed by atoms with E-state index in [1.165, 1.54) is 24.3 Å². The van der Waals surface area contributed by atoms with E-state index in [9.17, 15) is 9.18 Å². The highest BCUT2D eigenvalue weighted by atomic mass is 79.9. The summed E-state index contributed by atoms with van der Waals surface area (Å²) < 4.78 is 19.2. The minimum absolute atomic E-state index is 0.0409. The fourth-order valence-electron chi connectivity index (χ4n) is 1.72. The lowest BCUT2D eigenvalue weighted by Gasteiger charge is -2.04. The molecule has 104 valence electrons. The maximum atomic E-state index is 12.7. The van der Waals surface area contributed by atoms with E-state index in [-0.39, 0.29) is 11.6 Å². The van der Waals surface area contributed by atoms with Crippen molar-refractivity contribution < 1.29 is 13.9 Å². The number of Topliss-reactive ketones (excluding diaryl/α,β-unsaturated/α-hetero) is 1. The zero-order chi connectivity index (χ0) is 14.4. The molecule has 0 spiro atoms. The average molecular weight is 337 g/mol. The van der Waals surface area contributed by atoms with Crippen molar-refractivity contribution >= 4 is 21.7 Å². The van der Waals surface area contributed by atoms with Gasteiger partial charge in [0.2, 0.25) is 0 Å². The quantitative estimate of drug-likeness (QED) is 0.578. The van der Waals surface area contributed by atoms with Crippen molar-refractivity contribution in [1.29, 1.82) is 0 Å². The van der Waals surface area contributed by atoms with Crippen LogP contribution in [0.5, 0.6) is 0 Å². The van der Waals surface area contributed by atoms with Gasteiger partial charge in [0.15, 0.2) is 5.78 Å². The molecule has 0 amide bonds. The summed E-state index contributed by atoms with van der Waals surface area (Å²) in [5, 5.41) is 0. The minimum atomic E-state index is -0.340. The van der Waals surface area contributed by atoms with Gasteiger partial charge in [0.05, 0.1) is 13.2 Å². The number of rotatable bonds is 6. The van der Waals surface area contributed by atoms with Gasteiger partial charge in [-0.25, -0.2) is 4.39 Å². The second-order valence-corrected chi connectivity index (χ2v) is 5.27.